The van der Waals surface area contributed by atoms with Gasteiger partial charge >= 0.3 is 0 Å². The van der Waals surface area contributed by atoms with Crippen LogP contribution >= 0.6 is 15.9 Å². The zero-order chi connectivity index (χ0) is 13.1. The predicted octanol–water partition coefficient (Wildman–Crippen LogP) is 3.85. The van der Waals surface area contributed by atoms with Crippen LogP contribution in [0.1, 0.15) is 11.3 Å². The van der Waals surface area contributed by atoms with Gasteiger partial charge in [0.1, 0.15) is 0 Å². The fourth-order valence-corrected chi connectivity index (χ4v) is 2.46. The Kier molecular flexibility index (Phi) is 3.87. The van der Waals surface area contributed by atoms with Crippen molar-refractivity contribution >= 4 is 21.9 Å². The molecule has 2 aromatic rings. The number of halogens is 1. The number of imidazole rings is 1. The second kappa shape index (κ2) is 5.40. The van der Waals surface area contributed by atoms with Crippen LogP contribution in [0.15, 0.2) is 41.5 Å². The quantitative estimate of drug-likeness (QED) is 0.870. The van der Waals surface area contributed by atoms with Gasteiger partial charge in [0.25, 0.3) is 0 Å². The first-order chi connectivity index (χ1) is 8.61. The lowest BCUT2D eigenvalue weighted by Crippen LogP contribution is -2.06. The summed E-state index contributed by atoms with van der Waals surface area (Å²) in [7, 11) is 0. The van der Waals surface area contributed by atoms with Crippen LogP contribution in [-0.4, -0.2) is 16.1 Å². The first-order valence-electron chi connectivity index (χ1n) is 5.79. The topological polar surface area (TPSA) is 29.9 Å². The van der Waals surface area contributed by atoms with E-state index in [4.69, 9.17) is 0 Å². The first-order valence-corrected chi connectivity index (χ1v) is 6.58. The summed E-state index contributed by atoms with van der Waals surface area (Å²) in [6.45, 7) is 8.46. The fraction of sp³-hybridized carbons (Fsp3) is 0.214. The summed E-state index contributed by atoms with van der Waals surface area (Å²) in [4.78, 5) is 4.47. The van der Waals surface area contributed by atoms with Crippen molar-refractivity contribution in [3.63, 3.8) is 0 Å². The Morgan fingerprint density at radius 3 is 2.89 bits per heavy atom. The van der Waals surface area contributed by atoms with Gasteiger partial charge in [-0.2, -0.15) is 0 Å². The van der Waals surface area contributed by atoms with Crippen molar-refractivity contribution in [1.82, 2.24) is 9.55 Å². The van der Waals surface area contributed by atoms with Crippen LogP contribution in [0, 0.1) is 13.8 Å². The molecule has 0 atom stereocenters. The molecule has 1 N–H and O–H groups in total. The molecule has 0 saturated heterocycles. The second-order valence-corrected chi connectivity index (χ2v) is 5.05. The molecule has 0 aliphatic carbocycles. The lowest BCUT2D eigenvalue weighted by Gasteiger charge is -2.10. The first kappa shape index (κ1) is 12.9. The van der Waals surface area contributed by atoms with Crippen molar-refractivity contribution in [3.8, 4) is 5.69 Å². The normalized spacial score (nSPS) is 10.4. The van der Waals surface area contributed by atoms with Crippen LogP contribution in [0.4, 0.5) is 5.95 Å². The van der Waals surface area contributed by atoms with Crippen molar-refractivity contribution in [2.75, 3.05) is 11.9 Å². The van der Waals surface area contributed by atoms with Crippen LogP contribution in [-0.2, 0) is 0 Å². The fourth-order valence-electron chi connectivity index (χ4n) is 1.78. The second-order valence-electron chi connectivity index (χ2n) is 4.20. The van der Waals surface area contributed by atoms with E-state index in [9.17, 15) is 0 Å². The van der Waals surface area contributed by atoms with Crippen LogP contribution in [0.5, 0.6) is 0 Å². The van der Waals surface area contributed by atoms with E-state index >= 15 is 0 Å². The van der Waals surface area contributed by atoms with Crippen molar-refractivity contribution in [3.05, 3.63) is 52.8 Å². The van der Waals surface area contributed by atoms with Crippen molar-refractivity contribution in [2.24, 2.45) is 0 Å². The Balaban J connectivity index is 2.45. The minimum Gasteiger partial charge on any atom is -0.352 e. The number of hydrogen-bond donors (Lipinski definition) is 1. The van der Waals surface area contributed by atoms with E-state index in [1.54, 1.807) is 0 Å². The highest BCUT2D eigenvalue weighted by Gasteiger charge is 2.09. The highest BCUT2D eigenvalue weighted by atomic mass is 79.9. The van der Waals surface area contributed by atoms with Crippen LogP contribution in [0.2, 0.25) is 0 Å². The molecule has 0 spiro atoms. The summed E-state index contributed by atoms with van der Waals surface area (Å²) >= 11 is 3.60. The highest BCUT2D eigenvalue weighted by Crippen LogP contribution is 2.25. The van der Waals surface area contributed by atoms with E-state index in [2.05, 4.69) is 57.9 Å². The largest absolute Gasteiger partial charge is 0.352 e. The van der Waals surface area contributed by atoms with Crippen LogP contribution in [0.3, 0.4) is 0 Å². The Labute approximate surface area is 116 Å². The summed E-state index contributed by atoms with van der Waals surface area (Å²) in [5, 5.41) is 3.24. The molecule has 1 heterocycles. The summed E-state index contributed by atoms with van der Waals surface area (Å²) in [6.07, 6.45) is 3.83. The molecule has 0 aliphatic heterocycles. The molecule has 2 rings (SSSR count). The maximum atomic E-state index is 4.47. The van der Waals surface area contributed by atoms with Crippen LogP contribution < -0.4 is 5.32 Å². The number of benzene rings is 1. The Morgan fingerprint density at radius 2 is 2.22 bits per heavy atom. The molecule has 3 nitrogen and oxygen atoms in total. The van der Waals surface area contributed by atoms with Gasteiger partial charge in [-0.15, -0.1) is 6.58 Å². The van der Waals surface area contributed by atoms with Crippen LogP contribution in [0.25, 0.3) is 5.69 Å². The van der Waals surface area contributed by atoms with Gasteiger partial charge in [-0.25, -0.2) is 4.98 Å². The van der Waals surface area contributed by atoms with Gasteiger partial charge < -0.3 is 5.32 Å². The molecule has 0 bridgehead atoms. The molecule has 18 heavy (non-hydrogen) atoms. The number of hydrogen-bond acceptors (Lipinski definition) is 2. The number of aryl methyl sites for hydroxylation is 2. The molecule has 0 aliphatic rings. The van der Waals surface area contributed by atoms with E-state index in [-0.39, 0.29) is 0 Å². The molecular weight excluding hydrogens is 290 g/mol. The van der Waals surface area contributed by atoms with E-state index in [0.717, 1.165) is 21.8 Å². The third-order valence-electron chi connectivity index (χ3n) is 2.59. The lowest BCUT2D eigenvalue weighted by atomic mass is 10.2. The molecule has 1 aromatic carbocycles. The van der Waals surface area contributed by atoms with Crippen molar-refractivity contribution in [2.45, 2.75) is 13.8 Å². The Morgan fingerprint density at radius 1 is 1.44 bits per heavy atom. The monoisotopic (exact) mass is 305 g/mol. The maximum absolute atomic E-state index is 4.47. The summed E-state index contributed by atoms with van der Waals surface area (Å²) in [6, 6.07) is 6.27. The standard InChI is InChI=1S/C14H16BrN3/c1-4-7-16-14-17-11(3)9-18(14)13-6-5-10(2)8-12(13)15/h4-6,8-9H,1,7H2,2-3H3,(H,16,17). The zero-order valence-electron chi connectivity index (χ0n) is 10.6. The van der Waals surface area contributed by atoms with Gasteiger partial charge in [0.2, 0.25) is 5.95 Å². The Hall–Kier alpha value is -1.55. The summed E-state index contributed by atoms with van der Waals surface area (Å²) < 4.78 is 3.10. The van der Waals surface area contributed by atoms with Gasteiger partial charge in [0, 0.05) is 17.2 Å². The molecule has 0 fully saturated rings. The Bertz CT molecular complexity index is 572. The lowest BCUT2D eigenvalue weighted by molar-refractivity contribution is 1.03. The van der Waals surface area contributed by atoms with E-state index in [1.165, 1.54) is 5.56 Å². The number of anilines is 1. The molecule has 0 radical (unpaired) electrons. The van der Waals surface area contributed by atoms with Crippen molar-refractivity contribution in [1.29, 1.82) is 0 Å². The molecule has 0 saturated carbocycles. The molecule has 0 unspecified atom stereocenters. The van der Waals surface area contributed by atoms with E-state index in [1.807, 2.05) is 23.8 Å². The van der Waals surface area contributed by atoms with E-state index < -0.39 is 0 Å². The third kappa shape index (κ3) is 2.64. The number of aromatic nitrogens is 2. The number of nitrogens with one attached hydrogen (secondary N) is 1. The minimum atomic E-state index is 0.694. The van der Waals surface area contributed by atoms with Gasteiger partial charge in [0.05, 0.1) is 11.4 Å². The molecule has 0 amide bonds. The number of nitrogens with zero attached hydrogens (tertiary/aromatic N) is 2. The van der Waals surface area contributed by atoms with Gasteiger partial charge in [0.15, 0.2) is 0 Å². The molecule has 1 aromatic heterocycles. The van der Waals surface area contributed by atoms with Gasteiger partial charge in [-0.3, -0.25) is 4.57 Å². The van der Waals surface area contributed by atoms with E-state index in [0.29, 0.717) is 6.54 Å². The molecule has 94 valence electrons. The van der Waals surface area contributed by atoms with Gasteiger partial charge in [-0.1, -0.05) is 12.1 Å². The third-order valence-corrected chi connectivity index (χ3v) is 3.23. The highest BCUT2D eigenvalue weighted by molar-refractivity contribution is 9.10. The summed E-state index contributed by atoms with van der Waals surface area (Å²) in [5.74, 6) is 0.831. The zero-order valence-corrected chi connectivity index (χ0v) is 12.2. The average molecular weight is 306 g/mol. The SMILES string of the molecule is C=CCNc1nc(C)cn1-c1ccc(C)cc1Br. The molecule has 4 heteroatoms. The predicted molar refractivity (Wildman–Crippen MR) is 79.4 cm³/mol. The summed E-state index contributed by atoms with van der Waals surface area (Å²) in [5.41, 5.74) is 3.28. The maximum Gasteiger partial charge on any atom is 0.208 e. The minimum absolute atomic E-state index is 0.694. The molecular formula is C14H16BrN3. The number of rotatable bonds is 4. The van der Waals surface area contributed by atoms with Gasteiger partial charge in [-0.05, 0) is 47.5 Å². The van der Waals surface area contributed by atoms with Crippen molar-refractivity contribution < 1.29 is 0 Å². The smallest absolute Gasteiger partial charge is 0.208 e. The average Bonchev–Trinajstić information content (AvgIpc) is 2.67.